The number of nitrogens with one attached hydrogen (secondary N) is 2. The molecular weight excluding hydrogens is 372 g/mol. The van der Waals surface area contributed by atoms with Crippen molar-refractivity contribution in [3.05, 3.63) is 87.1 Å². The van der Waals surface area contributed by atoms with Crippen molar-refractivity contribution in [3.8, 4) is 0 Å². The molecule has 4 rings (SSSR count). The Morgan fingerprint density at radius 1 is 1.21 bits per heavy atom. The number of H-pyrrole nitrogens is 1. The quantitative estimate of drug-likeness (QED) is 0.537. The first-order valence-corrected chi connectivity index (χ1v) is 9.04. The summed E-state index contributed by atoms with van der Waals surface area (Å²) in [5.41, 5.74) is 1.29. The predicted molar refractivity (Wildman–Crippen MR) is 108 cm³/mol. The van der Waals surface area contributed by atoms with Gasteiger partial charge in [0.2, 0.25) is 0 Å². The monoisotopic (exact) mass is 390 g/mol. The molecule has 29 heavy (non-hydrogen) atoms. The lowest BCUT2D eigenvalue weighted by Crippen LogP contribution is -2.34. The van der Waals surface area contributed by atoms with E-state index in [1.54, 1.807) is 48.5 Å². The minimum absolute atomic E-state index is 0.273. The number of hydrogen-bond acceptors (Lipinski definition) is 5. The van der Waals surface area contributed by atoms with E-state index in [0.717, 1.165) is 10.1 Å². The maximum atomic E-state index is 12.6. The Morgan fingerprint density at radius 3 is 2.83 bits per heavy atom. The number of carbonyl (C=O) groups is 1. The number of anilines is 1. The van der Waals surface area contributed by atoms with Gasteiger partial charge in [-0.25, -0.2) is 4.79 Å². The molecule has 9 heteroatoms. The molecule has 0 atom stereocenters. The molecule has 146 valence electrons. The fraction of sp³-hybridized carbons (Fsp3) is 0.150. The largest absolute Gasteiger partial charge is 0.328 e. The fourth-order valence-corrected chi connectivity index (χ4v) is 3.08. The average molecular weight is 390 g/mol. The Labute approximate surface area is 164 Å². The zero-order valence-corrected chi connectivity index (χ0v) is 15.6. The number of nitrogens with zero attached hydrogens (tertiary/aromatic N) is 4. The van der Waals surface area contributed by atoms with Gasteiger partial charge in [-0.1, -0.05) is 6.07 Å². The van der Waals surface area contributed by atoms with Crippen LogP contribution in [0.25, 0.3) is 10.9 Å². The molecule has 1 amide bonds. The average Bonchev–Trinajstić information content (AvgIpc) is 3.15. The topological polar surface area (TPSA) is 115 Å². The number of aromatic amines is 1. The van der Waals surface area contributed by atoms with Crippen LogP contribution < -0.4 is 16.6 Å². The number of pyridine rings is 1. The summed E-state index contributed by atoms with van der Waals surface area (Å²) in [6.45, 7) is 2.53. The summed E-state index contributed by atoms with van der Waals surface area (Å²) in [7, 11) is 0. The molecule has 0 unspecified atom stereocenters. The maximum absolute atomic E-state index is 12.6. The van der Waals surface area contributed by atoms with E-state index >= 15 is 0 Å². The summed E-state index contributed by atoms with van der Waals surface area (Å²) in [5, 5.41) is 7.35. The van der Waals surface area contributed by atoms with Gasteiger partial charge in [0.25, 0.3) is 11.5 Å². The van der Waals surface area contributed by atoms with Crippen LogP contribution in [-0.4, -0.2) is 30.2 Å². The first-order chi connectivity index (χ1) is 14.0. The van der Waals surface area contributed by atoms with Crippen LogP contribution in [0.3, 0.4) is 0 Å². The highest BCUT2D eigenvalue weighted by atomic mass is 16.2. The second-order valence-corrected chi connectivity index (χ2v) is 6.48. The van der Waals surface area contributed by atoms with Crippen molar-refractivity contribution in [1.82, 2.24) is 24.3 Å². The number of fused-ring (bicyclic) bond motifs is 1. The van der Waals surface area contributed by atoms with Gasteiger partial charge in [0, 0.05) is 30.7 Å². The Morgan fingerprint density at radius 2 is 2.07 bits per heavy atom. The van der Waals surface area contributed by atoms with E-state index in [1.165, 1.54) is 6.07 Å². The summed E-state index contributed by atoms with van der Waals surface area (Å²) < 4.78 is 2.80. The van der Waals surface area contributed by atoms with Crippen molar-refractivity contribution < 1.29 is 4.79 Å². The van der Waals surface area contributed by atoms with Crippen molar-refractivity contribution in [2.75, 3.05) is 5.32 Å². The van der Waals surface area contributed by atoms with Crippen molar-refractivity contribution in [3.63, 3.8) is 0 Å². The van der Waals surface area contributed by atoms with Crippen LogP contribution in [-0.2, 0) is 13.1 Å². The molecule has 0 saturated carbocycles. The second-order valence-electron chi connectivity index (χ2n) is 6.48. The van der Waals surface area contributed by atoms with Crippen molar-refractivity contribution in [1.29, 1.82) is 0 Å². The minimum atomic E-state index is -0.501. The van der Waals surface area contributed by atoms with Gasteiger partial charge in [-0.15, -0.1) is 0 Å². The molecule has 0 saturated heterocycles. The van der Waals surface area contributed by atoms with E-state index in [0.29, 0.717) is 28.7 Å². The number of carbonyl (C=O) groups excluding carboxylic acids is 1. The Kier molecular flexibility index (Phi) is 4.78. The van der Waals surface area contributed by atoms with E-state index in [-0.39, 0.29) is 18.0 Å². The van der Waals surface area contributed by atoms with Crippen LogP contribution in [0.5, 0.6) is 0 Å². The van der Waals surface area contributed by atoms with Crippen LogP contribution in [0.4, 0.5) is 5.69 Å². The predicted octanol–water partition coefficient (Wildman–Crippen LogP) is 1.60. The molecule has 0 aliphatic heterocycles. The van der Waals surface area contributed by atoms with Crippen molar-refractivity contribution >= 4 is 22.5 Å². The van der Waals surface area contributed by atoms with Gasteiger partial charge in [0.1, 0.15) is 0 Å². The highest BCUT2D eigenvalue weighted by molar-refractivity contribution is 6.05. The molecule has 0 aliphatic rings. The lowest BCUT2D eigenvalue weighted by atomic mass is 10.1. The van der Waals surface area contributed by atoms with Crippen LogP contribution >= 0.6 is 0 Å². The number of benzene rings is 1. The number of amides is 1. The summed E-state index contributed by atoms with van der Waals surface area (Å²) in [6, 6.07) is 8.38. The minimum Gasteiger partial charge on any atom is -0.319 e. The molecule has 2 N–H and O–H groups in total. The highest BCUT2D eigenvalue weighted by Gasteiger charge is 2.12. The number of aromatic nitrogens is 5. The van der Waals surface area contributed by atoms with Gasteiger partial charge < -0.3 is 10.3 Å². The van der Waals surface area contributed by atoms with E-state index in [2.05, 4.69) is 20.4 Å². The SMILES string of the molecule is CCn1c(=O)[nH]c2cc(C(=O)Nc3cnn(Cc4cccnc4)c3)ccc2c1=O. The van der Waals surface area contributed by atoms with E-state index in [4.69, 9.17) is 0 Å². The smallest absolute Gasteiger partial charge is 0.319 e. The molecular formula is C20H18N6O3. The third-order valence-electron chi connectivity index (χ3n) is 4.52. The third-order valence-corrected chi connectivity index (χ3v) is 4.52. The third kappa shape index (κ3) is 3.70. The Balaban J connectivity index is 1.55. The molecule has 1 aromatic carbocycles. The lowest BCUT2D eigenvalue weighted by Gasteiger charge is -2.06. The molecule has 0 spiro atoms. The Bertz CT molecular complexity index is 1300. The van der Waals surface area contributed by atoms with Crippen LogP contribution in [0.15, 0.2) is 64.7 Å². The summed E-state index contributed by atoms with van der Waals surface area (Å²) in [6.07, 6.45) is 6.72. The first-order valence-electron chi connectivity index (χ1n) is 9.04. The molecule has 3 heterocycles. The van der Waals surface area contributed by atoms with E-state index in [1.807, 2.05) is 12.1 Å². The van der Waals surface area contributed by atoms with Gasteiger partial charge >= 0.3 is 5.69 Å². The lowest BCUT2D eigenvalue weighted by molar-refractivity contribution is 0.102. The van der Waals surface area contributed by atoms with Gasteiger partial charge in [-0.2, -0.15) is 5.10 Å². The van der Waals surface area contributed by atoms with E-state index < -0.39 is 5.69 Å². The van der Waals surface area contributed by atoms with Crippen LogP contribution in [0.2, 0.25) is 0 Å². The maximum Gasteiger partial charge on any atom is 0.328 e. The standard InChI is InChI=1S/C20H18N6O3/c1-2-26-19(28)16-6-5-14(8-17(16)24-20(26)29)18(27)23-15-10-22-25(12-15)11-13-4-3-7-21-9-13/h3-10,12H,2,11H2,1H3,(H,23,27)(H,24,29). The van der Waals surface area contributed by atoms with Gasteiger partial charge in [0.05, 0.1) is 29.3 Å². The van der Waals surface area contributed by atoms with Crippen LogP contribution in [0, 0.1) is 0 Å². The summed E-state index contributed by atoms with van der Waals surface area (Å²) in [4.78, 5) is 43.6. The zero-order valence-electron chi connectivity index (χ0n) is 15.6. The van der Waals surface area contributed by atoms with Crippen molar-refractivity contribution in [2.45, 2.75) is 20.0 Å². The number of rotatable bonds is 5. The highest BCUT2D eigenvalue weighted by Crippen LogP contribution is 2.13. The molecule has 3 aromatic heterocycles. The van der Waals surface area contributed by atoms with E-state index in [9.17, 15) is 14.4 Å². The fourth-order valence-electron chi connectivity index (χ4n) is 3.08. The number of hydrogen-bond donors (Lipinski definition) is 2. The first kappa shape index (κ1) is 18.4. The second kappa shape index (κ2) is 7.55. The zero-order chi connectivity index (χ0) is 20.4. The normalized spacial score (nSPS) is 10.9. The van der Waals surface area contributed by atoms with Gasteiger partial charge in [-0.3, -0.25) is 23.8 Å². The van der Waals surface area contributed by atoms with Gasteiger partial charge in [0.15, 0.2) is 0 Å². The Hall–Kier alpha value is -4.01. The molecule has 0 bridgehead atoms. The summed E-state index contributed by atoms with van der Waals surface area (Å²) >= 11 is 0. The molecule has 0 radical (unpaired) electrons. The van der Waals surface area contributed by atoms with Crippen LogP contribution in [0.1, 0.15) is 22.8 Å². The molecule has 9 nitrogen and oxygen atoms in total. The summed E-state index contributed by atoms with van der Waals surface area (Å²) in [5.74, 6) is -0.367. The molecule has 0 fully saturated rings. The molecule has 4 aromatic rings. The van der Waals surface area contributed by atoms with Gasteiger partial charge in [-0.05, 0) is 36.8 Å². The molecule has 0 aliphatic carbocycles. The van der Waals surface area contributed by atoms with Crippen molar-refractivity contribution in [2.24, 2.45) is 0 Å².